The van der Waals surface area contributed by atoms with E-state index in [1.807, 2.05) is 24.8 Å². The molecule has 0 saturated heterocycles. The lowest BCUT2D eigenvalue weighted by atomic mass is 9.88. The van der Waals surface area contributed by atoms with Gasteiger partial charge in [-0.2, -0.15) is 5.10 Å². The third-order valence-corrected chi connectivity index (χ3v) is 6.30. The number of amides is 1. The predicted octanol–water partition coefficient (Wildman–Crippen LogP) is 7.87. The third kappa shape index (κ3) is 10.1. The van der Waals surface area contributed by atoms with Crippen LogP contribution in [0.2, 0.25) is 0 Å². The molecule has 0 bridgehead atoms. The largest absolute Gasteiger partial charge is 0.341 e. The van der Waals surface area contributed by atoms with Crippen LogP contribution >= 0.6 is 0 Å². The average molecular weight is 509 g/mol. The van der Waals surface area contributed by atoms with Crippen molar-refractivity contribution in [1.29, 1.82) is 0 Å². The van der Waals surface area contributed by atoms with Crippen molar-refractivity contribution < 1.29 is 9.18 Å². The highest BCUT2D eigenvalue weighted by Gasteiger charge is 2.25. The maximum atomic E-state index is 13.3. The molecule has 0 atom stereocenters. The molecule has 202 valence electrons. The van der Waals surface area contributed by atoms with Crippen molar-refractivity contribution in [1.82, 2.24) is 19.7 Å². The molecule has 37 heavy (non-hydrogen) atoms. The first-order valence-corrected chi connectivity index (χ1v) is 13.7. The maximum absolute atomic E-state index is 13.3. The van der Waals surface area contributed by atoms with Crippen LogP contribution in [-0.4, -0.2) is 38.7 Å². The average Bonchev–Trinajstić information content (AvgIpc) is 3.28. The maximum Gasteiger partial charge on any atom is 0.244 e. The Bertz CT molecular complexity index is 1040. The lowest BCUT2D eigenvalue weighted by Crippen LogP contribution is -2.36. The monoisotopic (exact) mass is 508 g/mol. The highest BCUT2D eigenvalue weighted by atomic mass is 19.1. The van der Waals surface area contributed by atoms with Crippen molar-refractivity contribution >= 4 is 5.91 Å². The van der Waals surface area contributed by atoms with E-state index >= 15 is 0 Å². The molecule has 1 aromatic carbocycles. The Morgan fingerprint density at radius 3 is 2.27 bits per heavy atom. The van der Waals surface area contributed by atoms with Gasteiger partial charge in [0.05, 0.1) is 0 Å². The third-order valence-electron chi connectivity index (χ3n) is 6.30. The predicted molar refractivity (Wildman–Crippen MR) is 152 cm³/mol. The Balaban J connectivity index is 0.000000458. The van der Waals surface area contributed by atoms with Gasteiger partial charge in [0.2, 0.25) is 5.91 Å². The Morgan fingerprint density at radius 1 is 1.11 bits per heavy atom. The van der Waals surface area contributed by atoms with Gasteiger partial charge in [0, 0.05) is 24.6 Å². The number of carbonyl (C=O) groups excluding carboxylic acids is 1. The van der Waals surface area contributed by atoms with E-state index in [9.17, 15) is 9.18 Å². The van der Waals surface area contributed by atoms with Crippen LogP contribution in [0.3, 0.4) is 0 Å². The minimum absolute atomic E-state index is 0.0938. The summed E-state index contributed by atoms with van der Waals surface area (Å²) in [6.45, 7) is 15.8. The van der Waals surface area contributed by atoms with Crippen LogP contribution in [0, 0.1) is 5.82 Å². The molecule has 1 saturated carbocycles. The highest BCUT2D eigenvalue weighted by Crippen LogP contribution is 2.32. The standard InChI is InChI=1S/C22H31FN4O.C9H14/c1-3-14-26(15-4-2)20(28)16-27-22(18-8-6-5-7-9-18)24-21(25-27)17-10-12-19(23)13-11-17;1-5-6-9(4)7-8(2)3/h10-13,18H,3-9,14-16H2,1-2H3;5-7H,2H2,1,3-4H3/b;6-5-,9-7-. The van der Waals surface area contributed by atoms with E-state index in [2.05, 4.69) is 44.6 Å². The summed E-state index contributed by atoms with van der Waals surface area (Å²) in [6.07, 6.45) is 13.8. The molecule has 1 aromatic heterocycles. The summed E-state index contributed by atoms with van der Waals surface area (Å²) in [7, 11) is 0. The second kappa shape index (κ2) is 16.0. The molecular formula is C31H45FN4O. The van der Waals surface area contributed by atoms with E-state index in [1.165, 1.54) is 37.0 Å². The molecule has 1 aliphatic rings. The zero-order chi connectivity index (χ0) is 27.2. The Kier molecular flexibility index (Phi) is 13.0. The van der Waals surface area contributed by atoms with Crippen molar-refractivity contribution in [3.8, 4) is 11.4 Å². The zero-order valence-electron chi connectivity index (χ0n) is 23.5. The molecule has 2 aromatic rings. The van der Waals surface area contributed by atoms with Crippen molar-refractivity contribution in [3.63, 3.8) is 0 Å². The molecule has 0 aliphatic heterocycles. The molecule has 3 rings (SSSR count). The number of allylic oxidation sites excluding steroid dienone is 5. The van der Waals surface area contributed by atoms with Crippen molar-refractivity contribution in [2.75, 3.05) is 13.1 Å². The highest BCUT2D eigenvalue weighted by molar-refractivity contribution is 5.76. The summed E-state index contributed by atoms with van der Waals surface area (Å²) in [6, 6.07) is 6.24. The lowest BCUT2D eigenvalue weighted by molar-refractivity contribution is -0.132. The summed E-state index contributed by atoms with van der Waals surface area (Å²) >= 11 is 0. The fourth-order valence-electron chi connectivity index (χ4n) is 4.68. The normalized spacial score (nSPS) is 14.4. The van der Waals surface area contributed by atoms with Crippen LogP contribution in [0.4, 0.5) is 4.39 Å². The fraction of sp³-hybridized carbons (Fsp3) is 0.516. The van der Waals surface area contributed by atoms with Crippen LogP contribution in [0.15, 0.2) is 60.2 Å². The molecule has 6 heteroatoms. The molecule has 0 spiro atoms. The first-order valence-electron chi connectivity index (χ1n) is 13.7. The van der Waals surface area contributed by atoms with Crippen LogP contribution in [0.1, 0.15) is 91.3 Å². The summed E-state index contributed by atoms with van der Waals surface area (Å²) in [5.41, 5.74) is 3.14. The first kappa shape index (κ1) is 30.2. The molecule has 5 nitrogen and oxygen atoms in total. The summed E-state index contributed by atoms with van der Waals surface area (Å²) in [5.74, 6) is 1.64. The van der Waals surface area contributed by atoms with Crippen LogP contribution in [-0.2, 0) is 11.3 Å². The molecule has 1 aliphatic carbocycles. The van der Waals surface area contributed by atoms with E-state index in [-0.39, 0.29) is 18.3 Å². The van der Waals surface area contributed by atoms with E-state index in [1.54, 1.807) is 16.8 Å². The van der Waals surface area contributed by atoms with Gasteiger partial charge in [-0.05, 0) is 70.7 Å². The van der Waals surface area contributed by atoms with Gasteiger partial charge in [0.15, 0.2) is 5.82 Å². The Morgan fingerprint density at radius 2 is 1.73 bits per heavy atom. The van der Waals surface area contributed by atoms with E-state index in [0.29, 0.717) is 11.7 Å². The van der Waals surface area contributed by atoms with Gasteiger partial charge < -0.3 is 4.90 Å². The summed E-state index contributed by atoms with van der Waals surface area (Å²) in [5, 5.41) is 4.66. The lowest BCUT2D eigenvalue weighted by Gasteiger charge is -2.24. The smallest absolute Gasteiger partial charge is 0.244 e. The van der Waals surface area contributed by atoms with Gasteiger partial charge in [-0.3, -0.25) is 4.79 Å². The van der Waals surface area contributed by atoms with Gasteiger partial charge in [0.25, 0.3) is 0 Å². The quantitative estimate of drug-likeness (QED) is 0.307. The summed E-state index contributed by atoms with van der Waals surface area (Å²) < 4.78 is 15.1. The SMILES string of the molecule is C=C(C)/C=C(C)\C=C/C.CCCN(CCC)C(=O)Cn1nc(-c2ccc(F)cc2)nc1C1CCCCC1. The number of benzene rings is 1. The number of carbonyl (C=O) groups is 1. The van der Waals surface area contributed by atoms with Gasteiger partial charge in [-0.1, -0.05) is 69.1 Å². The van der Waals surface area contributed by atoms with Gasteiger partial charge in [0.1, 0.15) is 18.2 Å². The van der Waals surface area contributed by atoms with Crippen LogP contribution in [0.5, 0.6) is 0 Å². The topological polar surface area (TPSA) is 51.0 Å². The minimum Gasteiger partial charge on any atom is -0.341 e. The molecule has 1 heterocycles. The number of hydrogen-bond donors (Lipinski definition) is 0. The fourth-order valence-corrected chi connectivity index (χ4v) is 4.68. The number of hydrogen-bond acceptors (Lipinski definition) is 3. The Hall–Kier alpha value is -3.02. The van der Waals surface area contributed by atoms with Gasteiger partial charge in [-0.25, -0.2) is 14.1 Å². The number of rotatable bonds is 10. The van der Waals surface area contributed by atoms with Crippen LogP contribution in [0.25, 0.3) is 11.4 Å². The van der Waals surface area contributed by atoms with Crippen molar-refractivity contribution in [2.24, 2.45) is 0 Å². The minimum atomic E-state index is -0.277. The van der Waals surface area contributed by atoms with Crippen molar-refractivity contribution in [2.45, 2.75) is 92.0 Å². The van der Waals surface area contributed by atoms with E-state index < -0.39 is 0 Å². The number of halogens is 1. The second-order valence-electron chi connectivity index (χ2n) is 9.91. The van der Waals surface area contributed by atoms with E-state index in [0.717, 1.165) is 55.7 Å². The number of aromatic nitrogens is 3. The van der Waals surface area contributed by atoms with Crippen LogP contribution < -0.4 is 0 Å². The zero-order valence-corrected chi connectivity index (χ0v) is 23.5. The van der Waals surface area contributed by atoms with Gasteiger partial charge >= 0.3 is 0 Å². The molecule has 0 unspecified atom stereocenters. The Labute approximate surface area is 223 Å². The number of nitrogens with zero attached hydrogens (tertiary/aromatic N) is 4. The molecule has 1 fully saturated rings. The first-order chi connectivity index (χ1) is 17.8. The van der Waals surface area contributed by atoms with Crippen molar-refractivity contribution in [3.05, 3.63) is 71.9 Å². The molecule has 0 radical (unpaired) electrons. The molecule has 1 amide bonds. The van der Waals surface area contributed by atoms with E-state index in [4.69, 9.17) is 4.98 Å². The molecule has 0 N–H and O–H groups in total. The second-order valence-corrected chi connectivity index (χ2v) is 9.91. The van der Waals surface area contributed by atoms with Gasteiger partial charge in [-0.15, -0.1) is 0 Å². The summed E-state index contributed by atoms with van der Waals surface area (Å²) in [4.78, 5) is 19.6. The molecular weight excluding hydrogens is 463 g/mol.